The van der Waals surface area contributed by atoms with E-state index in [1.165, 1.54) is 6.07 Å². The van der Waals surface area contributed by atoms with Crippen LogP contribution in [0.4, 0.5) is 5.69 Å². The minimum Gasteiger partial charge on any atom is -0.366 e. The van der Waals surface area contributed by atoms with Crippen LogP contribution in [0, 0.1) is 0 Å². The molecule has 7 nitrogen and oxygen atoms in total. The maximum Gasteiger partial charge on any atom is 0.295 e. The van der Waals surface area contributed by atoms with Crippen molar-refractivity contribution in [1.29, 1.82) is 0 Å². The molecule has 2 amide bonds. The van der Waals surface area contributed by atoms with E-state index in [1.807, 2.05) is 20.8 Å². The molecule has 0 saturated heterocycles. The number of anilines is 1. The number of amides is 2. The van der Waals surface area contributed by atoms with E-state index >= 15 is 0 Å². The Bertz CT molecular complexity index is 685. The number of hydrogen-bond donors (Lipinski definition) is 3. The van der Waals surface area contributed by atoms with Gasteiger partial charge in [0.05, 0.1) is 0 Å². The van der Waals surface area contributed by atoms with E-state index < -0.39 is 11.8 Å². The third-order valence-corrected chi connectivity index (χ3v) is 2.80. The molecule has 1 aromatic heterocycles. The number of hydrogen-bond acceptors (Lipinski definition) is 4. The van der Waals surface area contributed by atoms with Gasteiger partial charge < -0.3 is 11.1 Å². The molecule has 21 heavy (non-hydrogen) atoms. The second kappa shape index (κ2) is 5.35. The van der Waals surface area contributed by atoms with Crippen LogP contribution in [-0.4, -0.2) is 27.0 Å². The predicted molar refractivity (Wildman–Crippen MR) is 78.0 cm³/mol. The molecule has 110 valence electrons. The fraction of sp³-hybridized carbons (Fsp3) is 0.286. The van der Waals surface area contributed by atoms with Gasteiger partial charge in [-0.15, -0.1) is 5.10 Å². The molecule has 0 saturated carbocycles. The van der Waals surface area contributed by atoms with Crippen molar-refractivity contribution in [2.75, 3.05) is 5.32 Å². The number of rotatable bonds is 3. The van der Waals surface area contributed by atoms with Crippen LogP contribution < -0.4 is 11.1 Å². The molecule has 0 aliphatic heterocycles. The maximum atomic E-state index is 12.1. The molecule has 0 spiro atoms. The number of carbonyl (C=O) groups is 2. The zero-order valence-corrected chi connectivity index (χ0v) is 12.1. The molecule has 1 heterocycles. The van der Waals surface area contributed by atoms with Gasteiger partial charge in [-0.25, -0.2) is 4.98 Å². The largest absolute Gasteiger partial charge is 0.366 e. The summed E-state index contributed by atoms with van der Waals surface area (Å²) in [5.74, 6) is -0.342. The van der Waals surface area contributed by atoms with Crippen molar-refractivity contribution in [3.63, 3.8) is 0 Å². The third-order valence-electron chi connectivity index (χ3n) is 2.80. The summed E-state index contributed by atoms with van der Waals surface area (Å²) < 4.78 is 0. The molecule has 1 aromatic carbocycles. The first-order valence-corrected chi connectivity index (χ1v) is 6.41. The van der Waals surface area contributed by atoms with Crippen LogP contribution in [-0.2, 0) is 5.41 Å². The van der Waals surface area contributed by atoms with Crippen molar-refractivity contribution in [2.24, 2.45) is 5.73 Å². The lowest BCUT2D eigenvalue weighted by atomic mass is 9.96. The van der Waals surface area contributed by atoms with E-state index in [9.17, 15) is 9.59 Å². The van der Waals surface area contributed by atoms with E-state index in [-0.39, 0.29) is 11.2 Å². The van der Waals surface area contributed by atoms with Crippen LogP contribution in [0.3, 0.4) is 0 Å². The Morgan fingerprint density at radius 2 is 2.00 bits per heavy atom. The van der Waals surface area contributed by atoms with E-state index in [4.69, 9.17) is 5.73 Å². The Kier molecular flexibility index (Phi) is 3.75. The lowest BCUT2D eigenvalue weighted by molar-refractivity contribution is 0.0994. The first-order chi connectivity index (χ1) is 9.77. The van der Waals surface area contributed by atoms with E-state index in [1.54, 1.807) is 18.2 Å². The number of nitrogens with two attached hydrogens (primary N) is 1. The number of nitrogens with zero attached hydrogens (tertiary/aromatic N) is 2. The molecular formula is C14H17N5O2. The summed E-state index contributed by atoms with van der Waals surface area (Å²) in [6.07, 6.45) is 0. The smallest absolute Gasteiger partial charge is 0.295 e. The monoisotopic (exact) mass is 287 g/mol. The number of aromatic nitrogens is 3. The lowest BCUT2D eigenvalue weighted by Crippen LogP contribution is -2.17. The number of benzene rings is 1. The minimum atomic E-state index is -0.556. The highest BCUT2D eigenvalue weighted by molar-refractivity contribution is 6.02. The van der Waals surface area contributed by atoms with Crippen LogP contribution in [0.1, 0.15) is 47.6 Å². The van der Waals surface area contributed by atoms with Crippen LogP contribution in [0.2, 0.25) is 0 Å². The standard InChI is InChI=1S/C14H17N5O2/c1-14(2,3)13-17-11(18-19-13)12(21)16-9-6-4-5-8(7-9)10(15)20/h4-7H,1-3H3,(H2,15,20)(H,16,21)(H,17,18,19). The fourth-order valence-electron chi connectivity index (χ4n) is 1.64. The van der Waals surface area contributed by atoms with Crippen LogP contribution in [0.15, 0.2) is 24.3 Å². The van der Waals surface area contributed by atoms with Gasteiger partial charge in [0.15, 0.2) is 0 Å². The van der Waals surface area contributed by atoms with Crippen LogP contribution >= 0.6 is 0 Å². The van der Waals surface area contributed by atoms with Gasteiger partial charge in [0.25, 0.3) is 5.91 Å². The van der Waals surface area contributed by atoms with Crippen LogP contribution in [0.5, 0.6) is 0 Å². The number of carbonyl (C=O) groups excluding carboxylic acids is 2. The highest BCUT2D eigenvalue weighted by atomic mass is 16.2. The second-order valence-corrected chi connectivity index (χ2v) is 5.66. The van der Waals surface area contributed by atoms with Gasteiger partial charge in [0.2, 0.25) is 11.7 Å². The first kappa shape index (κ1) is 14.7. The highest BCUT2D eigenvalue weighted by Crippen LogP contribution is 2.18. The van der Waals surface area contributed by atoms with E-state index in [0.29, 0.717) is 17.1 Å². The Hall–Kier alpha value is -2.70. The van der Waals surface area contributed by atoms with E-state index in [2.05, 4.69) is 20.5 Å². The zero-order valence-electron chi connectivity index (χ0n) is 12.1. The van der Waals surface area contributed by atoms with Crippen LogP contribution in [0.25, 0.3) is 0 Å². The summed E-state index contributed by atoms with van der Waals surface area (Å²) in [7, 11) is 0. The average Bonchev–Trinajstić information content (AvgIpc) is 2.88. The Morgan fingerprint density at radius 1 is 1.29 bits per heavy atom. The lowest BCUT2D eigenvalue weighted by Gasteiger charge is -2.12. The normalized spacial score (nSPS) is 11.2. The summed E-state index contributed by atoms with van der Waals surface area (Å²) in [6.45, 7) is 5.89. The average molecular weight is 287 g/mol. The third kappa shape index (κ3) is 3.44. The Balaban J connectivity index is 2.16. The number of H-pyrrole nitrogens is 1. The van der Waals surface area contributed by atoms with Crippen molar-refractivity contribution in [3.05, 3.63) is 41.5 Å². The van der Waals surface area contributed by atoms with Gasteiger partial charge >= 0.3 is 0 Å². The number of nitrogens with one attached hydrogen (secondary N) is 2. The Labute approximate surface area is 122 Å². The molecule has 0 atom stereocenters. The molecule has 0 bridgehead atoms. The van der Waals surface area contributed by atoms with Crippen molar-refractivity contribution >= 4 is 17.5 Å². The highest BCUT2D eigenvalue weighted by Gasteiger charge is 2.21. The van der Waals surface area contributed by atoms with Gasteiger partial charge in [-0.2, -0.15) is 0 Å². The fourth-order valence-corrected chi connectivity index (χ4v) is 1.64. The van der Waals surface area contributed by atoms with Gasteiger partial charge in [-0.3, -0.25) is 14.7 Å². The molecule has 4 N–H and O–H groups in total. The topological polar surface area (TPSA) is 114 Å². The summed E-state index contributed by atoms with van der Waals surface area (Å²) in [6, 6.07) is 6.36. The van der Waals surface area contributed by atoms with Gasteiger partial charge in [0.1, 0.15) is 5.82 Å². The van der Waals surface area contributed by atoms with E-state index in [0.717, 1.165) is 0 Å². The molecule has 7 heteroatoms. The van der Waals surface area contributed by atoms with Crippen molar-refractivity contribution in [1.82, 2.24) is 15.2 Å². The number of aromatic amines is 1. The summed E-state index contributed by atoms with van der Waals surface area (Å²) in [5.41, 5.74) is 5.74. The molecule has 0 unspecified atom stereocenters. The zero-order chi connectivity index (χ0) is 15.6. The quantitative estimate of drug-likeness (QED) is 0.792. The molecule has 2 rings (SSSR count). The molecular weight excluding hydrogens is 270 g/mol. The van der Waals surface area contributed by atoms with Crippen molar-refractivity contribution in [3.8, 4) is 0 Å². The second-order valence-electron chi connectivity index (χ2n) is 5.66. The summed E-state index contributed by atoms with van der Waals surface area (Å²) in [5, 5.41) is 9.27. The Morgan fingerprint density at radius 3 is 2.57 bits per heavy atom. The van der Waals surface area contributed by atoms with Crippen molar-refractivity contribution in [2.45, 2.75) is 26.2 Å². The predicted octanol–water partition coefficient (Wildman–Crippen LogP) is 1.45. The summed E-state index contributed by atoms with van der Waals surface area (Å²) >= 11 is 0. The van der Waals surface area contributed by atoms with Gasteiger partial charge in [-0.05, 0) is 18.2 Å². The number of primary amides is 1. The van der Waals surface area contributed by atoms with Gasteiger partial charge in [-0.1, -0.05) is 26.8 Å². The van der Waals surface area contributed by atoms with Crippen molar-refractivity contribution < 1.29 is 9.59 Å². The summed E-state index contributed by atoms with van der Waals surface area (Å²) in [4.78, 5) is 27.3. The van der Waals surface area contributed by atoms with Gasteiger partial charge in [0, 0.05) is 16.7 Å². The molecule has 0 aliphatic carbocycles. The first-order valence-electron chi connectivity index (χ1n) is 6.41. The minimum absolute atomic E-state index is 0.0457. The maximum absolute atomic E-state index is 12.1. The molecule has 0 fully saturated rings. The molecule has 2 aromatic rings. The molecule has 0 aliphatic rings. The molecule has 0 radical (unpaired) electrons. The SMILES string of the molecule is CC(C)(C)c1nc(C(=O)Nc2cccc(C(N)=O)c2)n[nH]1.